The minimum absolute atomic E-state index is 0.0767. The zero-order chi connectivity index (χ0) is 20.4. The second kappa shape index (κ2) is 8.52. The Morgan fingerprint density at radius 1 is 1.17 bits per heavy atom. The molecule has 0 saturated carbocycles. The van der Waals surface area contributed by atoms with Crippen LogP contribution in [0.15, 0.2) is 47.6 Å². The second-order valence-corrected chi connectivity index (χ2v) is 8.49. The number of nitrogens with zero attached hydrogens (tertiary/aromatic N) is 5. The van der Waals surface area contributed by atoms with Crippen molar-refractivity contribution in [3.8, 4) is 5.69 Å². The Morgan fingerprint density at radius 3 is 2.69 bits per heavy atom. The predicted molar refractivity (Wildman–Crippen MR) is 116 cm³/mol. The van der Waals surface area contributed by atoms with Crippen LogP contribution in [0, 0.1) is 13.8 Å². The highest BCUT2D eigenvalue weighted by Crippen LogP contribution is 2.27. The smallest absolute Gasteiger partial charge is 0.214 e. The first-order chi connectivity index (χ1) is 14.0. The van der Waals surface area contributed by atoms with E-state index in [1.807, 2.05) is 14.1 Å². The second-order valence-electron chi connectivity index (χ2n) is 7.51. The number of ether oxygens (including phenoxy) is 1. The van der Waals surface area contributed by atoms with Gasteiger partial charge in [0.15, 0.2) is 0 Å². The van der Waals surface area contributed by atoms with Crippen molar-refractivity contribution in [1.82, 2.24) is 25.5 Å². The van der Waals surface area contributed by atoms with Gasteiger partial charge >= 0.3 is 0 Å². The topological polar surface area (TPSA) is 68.1 Å². The molecule has 3 aromatic rings. The van der Waals surface area contributed by atoms with Gasteiger partial charge in [0.1, 0.15) is 6.23 Å². The number of hydrogen-bond acceptors (Lipinski definition) is 7. The molecule has 8 heteroatoms. The van der Waals surface area contributed by atoms with Gasteiger partial charge in [-0.15, -0.1) is 5.10 Å². The predicted octanol–water partition coefficient (Wildman–Crippen LogP) is 3.12. The normalized spacial score (nSPS) is 18.9. The quantitative estimate of drug-likeness (QED) is 0.626. The summed E-state index contributed by atoms with van der Waals surface area (Å²) in [5.74, 6) is 0.782. The number of nitrogens with one attached hydrogen (secondary N) is 1. The van der Waals surface area contributed by atoms with E-state index in [1.165, 1.54) is 11.3 Å². The first-order valence-electron chi connectivity index (χ1n) is 9.66. The molecule has 2 heterocycles. The van der Waals surface area contributed by atoms with Crippen molar-refractivity contribution in [2.75, 3.05) is 31.3 Å². The van der Waals surface area contributed by atoms with Crippen LogP contribution in [-0.4, -0.2) is 52.7 Å². The van der Waals surface area contributed by atoms with E-state index in [4.69, 9.17) is 4.74 Å². The van der Waals surface area contributed by atoms with E-state index < -0.39 is 0 Å². The van der Waals surface area contributed by atoms with Crippen LogP contribution < -0.4 is 10.2 Å². The van der Waals surface area contributed by atoms with Crippen molar-refractivity contribution in [2.24, 2.45) is 0 Å². The van der Waals surface area contributed by atoms with Gasteiger partial charge in [-0.25, -0.2) is 0 Å². The van der Waals surface area contributed by atoms with Gasteiger partial charge in [0.05, 0.1) is 11.8 Å². The van der Waals surface area contributed by atoms with E-state index in [0.29, 0.717) is 0 Å². The maximum Gasteiger partial charge on any atom is 0.214 e. The van der Waals surface area contributed by atoms with Crippen molar-refractivity contribution in [3.63, 3.8) is 0 Å². The van der Waals surface area contributed by atoms with E-state index >= 15 is 0 Å². The van der Waals surface area contributed by atoms with Crippen LogP contribution >= 0.6 is 11.8 Å². The lowest BCUT2D eigenvalue weighted by Gasteiger charge is -2.16. The number of tetrazole rings is 1. The Hall–Kier alpha value is -2.42. The summed E-state index contributed by atoms with van der Waals surface area (Å²) in [7, 11) is 4.08. The summed E-state index contributed by atoms with van der Waals surface area (Å²) >= 11 is 1.62. The monoisotopic (exact) mass is 410 g/mol. The molecule has 0 bridgehead atoms. The molecule has 29 heavy (non-hydrogen) atoms. The molecule has 0 spiro atoms. The van der Waals surface area contributed by atoms with Gasteiger partial charge in [-0.2, -0.15) is 4.68 Å². The minimum atomic E-state index is -0.0767. The van der Waals surface area contributed by atoms with Gasteiger partial charge in [-0.3, -0.25) is 5.32 Å². The van der Waals surface area contributed by atoms with Gasteiger partial charge in [-0.1, -0.05) is 41.6 Å². The maximum absolute atomic E-state index is 6.21. The fourth-order valence-corrected chi connectivity index (χ4v) is 4.28. The van der Waals surface area contributed by atoms with Gasteiger partial charge in [-0.05, 0) is 53.6 Å². The summed E-state index contributed by atoms with van der Waals surface area (Å²) in [4.78, 5) is 2.09. The molecule has 2 atom stereocenters. The molecule has 4 rings (SSSR count). The molecule has 0 unspecified atom stereocenters. The summed E-state index contributed by atoms with van der Waals surface area (Å²) < 4.78 is 8.01. The number of benzene rings is 2. The highest BCUT2D eigenvalue weighted by atomic mass is 32.2. The lowest BCUT2D eigenvalue weighted by molar-refractivity contribution is 0.0534. The Morgan fingerprint density at radius 2 is 1.97 bits per heavy atom. The van der Waals surface area contributed by atoms with Crippen LogP contribution in [0.2, 0.25) is 0 Å². The average Bonchev–Trinajstić information content (AvgIpc) is 3.36. The van der Waals surface area contributed by atoms with E-state index in [0.717, 1.165) is 34.3 Å². The van der Waals surface area contributed by atoms with Crippen LogP contribution in [0.3, 0.4) is 0 Å². The number of hydrogen-bond donors (Lipinski definition) is 1. The number of rotatable bonds is 6. The molecule has 0 radical (unpaired) electrons. The number of aryl methyl sites for hydroxylation is 2. The molecule has 1 aliphatic rings. The summed E-state index contributed by atoms with van der Waals surface area (Å²) in [5, 5.41) is 16.5. The molecule has 7 nitrogen and oxygen atoms in total. The standard InChI is InChI=1S/C21H26N6OS/c1-14-5-10-19(15(2)11-14)27-21(23-24-25-27)29-13-18-12-22-20(28-18)16-6-8-17(9-7-16)26(3)4/h5-11,18,20,22H,12-13H2,1-4H3/t18-,20+/m0/s1. The molecular formula is C21H26N6OS. The van der Waals surface area contributed by atoms with Crippen LogP contribution in [0.4, 0.5) is 5.69 Å². The Kier molecular flexibility index (Phi) is 5.84. The number of aromatic nitrogens is 4. The zero-order valence-electron chi connectivity index (χ0n) is 17.2. The zero-order valence-corrected chi connectivity index (χ0v) is 18.0. The SMILES string of the molecule is Cc1ccc(-n2nnnc2SC[C@@H]2CN[C@@H](c3ccc(N(C)C)cc3)O2)c(C)c1. The molecule has 1 aromatic heterocycles. The van der Waals surface area contributed by atoms with Gasteiger partial charge in [0.25, 0.3) is 0 Å². The summed E-state index contributed by atoms with van der Waals surface area (Å²) in [6.07, 6.45) is 0.0231. The molecule has 1 aliphatic heterocycles. The molecule has 1 N–H and O–H groups in total. The first-order valence-corrected chi connectivity index (χ1v) is 10.6. The van der Waals surface area contributed by atoms with E-state index in [2.05, 4.69) is 82.1 Å². The maximum atomic E-state index is 6.21. The molecule has 152 valence electrons. The molecule has 1 saturated heterocycles. The molecule has 2 aromatic carbocycles. The van der Waals surface area contributed by atoms with Crippen molar-refractivity contribution >= 4 is 17.4 Å². The minimum Gasteiger partial charge on any atom is -0.378 e. The van der Waals surface area contributed by atoms with E-state index in [9.17, 15) is 0 Å². The van der Waals surface area contributed by atoms with Crippen LogP contribution in [-0.2, 0) is 4.74 Å². The van der Waals surface area contributed by atoms with Crippen molar-refractivity contribution in [2.45, 2.75) is 31.3 Å². The van der Waals surface area contributed by atoms with Crippen molar-refractivity contribution in [1.29, 1.82) is 0 Å². The molecule has 0 amide bonds. The highest BCUT2D eigenvalue weighted by Gasteiger charge is 2.26. The third kappa shape index (κ3) is 4.44. The average molecular weight is 411 g/mol. The highest BCUT2D eigenvalue weighted by molar-refractivity contribution is 7.99. The Labute approximate surface area is 175 Å². The molecule has 1 fully saturated rings. The summed E-state index contributed by atoms with van der Waals surface area (Å²) in [6.45, 7) is 4.97. The summed E-state index contributed by atoms with van der Waals surface area (Å²) in [5.41, 5.74) is 5.70. The van der Waals surface area contributed by atoms with Crippen molar-refractivity contribution in [3.05, 3.63) is 59.2 Å². The van der Waals surface area contributed by atoms with Crippen molar-refractivity contribution < 1.29 is 4.74 Å². The lowest BCUT2D eigenvalue weighted by Crippen LogP contribution is -2.17. The third-order valence-corrected chi connectivity index (χ3v) is 6.04. The van der Waals surface area contributed by atoms with Gasteiger partial charge in [0, 0.05) is 32.1 Å². The van der Waals surface area contributed by atoms with E-state index in [-0.39, 0.29) is 12.3 Å². The Balaban J connectivity index is 1.38. The lowest BCUT2D eigenvalue weighted by atomic mass is 10.1. The molecule has 0 aliphatic carbocycles. The fraction of sp³-hybridized carbons (Fsp3) is 0.381. The van der Waals surface area contributed by atoms with Gasteiger partial charge in [0.2, 0.25) is 5.16 Å². The van der Waals surface area contributed by atoms with Gasteiger partial charge < -0.3 is 9.64 Å². The number of anilines is 1. The largest absolute Gasteiger partial charge is 0.378 e. The summed E-state index contributed by atoms with van der Waals surface area (Å²) in [6, 6.07) is 14.7. The van der Waals surface area contributed by atoms with Crippen LogP contribution in [0.1, 0.15) is 22.9 Å². The fourth-order valence-electron chi connectivity index (χ4n) is 3.40. The van der Waals surface area contributed by atoms with E-state index in [1.54, 1.807) is 16.4 Å². The Bertz CT molecular complexity index is 972. The molecular weight excluding hydrogens is 384 g/mol. The first kappa shape index (κ1) is 19.9. The van der Waals surface area contributed by atoms with Crippen LogP contribution in [0.5, 0.6) is 0 Å². The number of thioether (sulfide) groups is 1. The third-order valence-electron chi connectivity index (χ3n) is 4.99. The van der Waals surface area contributed by atoms with Crippen LogP contribution in [0.25, 0.3) is 5.69 Å².